The molecule has 5 heterocycles. The van der Waals surface area contributed by atoms with Crippen LogP contribution in [0.1, 0.15) is 5.56 Å². The molecule has 0 fully saturated rings. The molecule has 6 aromatic carbocycles. The summed E-state index contributed by atoms with van der Waals surface area (Å²) in [5.41, 5.74) is 10.5. The topological polar surface area (TPSA) is 43.8 Å². The maximum atomic E-state index is 6.58. The van der Waals surface area contributed by atoms with Gasteiger partial charge < -0.3 is 13.5 Å². The van der Waals surface area contributed by atoms with Crippen LogP contribution < -0.4 is 4.74 Å². The number of para-hydroxylation sites is 2. The van der Waals surface area contributed by atoms with Crippen LogP contribution in [0.5, 0.6) is 11.5 Å². The summed E-state index contributed by atoms with van der Waals surface area (Å²) in [5.74, 6) is 1.22. The van der Waals surface area contributed by atoms with Crippen molar-refractivity contribution in [2.24, 2.45) is 0 Å². The summed E-state index contributed by atoms with van der Waals surface area (Å²) >= 11 is 0. The van der Waals surface area contributed by atoms with Crippen LogP contribution in [0.15, 0.2) is 140 Å². The van der Waals surface area contributed by atoms with Crippen LogP contribution in [0, 0.1) is 19.1 Å². The molecule has 0 aliphatic heterocycles. The molecule has 0 bridgehead atoms. The van der Waals surface area contributed by atoms with Crippen molar-refractivity contribution in [3.05, 3.63) is 157 Å². The molecule has 0 amide bonds. The van der Waals surface area contributed by atoms with Crippen molar-refractivity contribution >= 4 is 65.5 Å². The third-order valence-electron chi connectivity index (χ3n) is 10.1. The Morgan fingerprint density at radius 3 is 2.24 bits per heavy atom. The Balaban J connectivity index is 0.00000327. The molecule has 0 radical (unpaired) electrons. The summed E-state index contributed by atoms with van der Waals surface area (Å²) < 4.78 is 11.0. The monoisotopic (exact) mass is 833 g/mol. The summed E-state index contributed by atoms with van der Waals surface area (Å²) in [7, 11) is 0. The van der Waals surface area contributed by atoms with Gasteiger partial charge in [-0.05, 0) is 46.5 Å². The van der Waals surface area contributed by atoms with Gasteiger partial charge in [-0.1, -0.05) is 113 Å². The molecule has 0 unspecified atom stereocenters. The fourth-order valence-electron chi connectivity index (χ4n) is 7.88. The molecule has 0 N–H and O–H groups in total. The van der Waals surface area contributed by atoms with Crippen LogP contribution in [-0.4, -0.2) is 18.8 Å². The Hall–Kier alpha value is -6.03. The predicted molar refractivity (Wildman–Crippen MR) is 202 cm³/mol. The Morgan fingerprint density at radius 1 is 0.608 bits per heavy atom. The first-order valence-corrected chi connectivity index (χ1v) is 16.8. The molecular weight excluding hydrogens is 808 g/mol. The summed E-state index contributed by atoms with van der Waals surface area (Å²) in [4.78, 5) is 10.1. The average Bonchev–Trinajstić information content (AvgIpc) is 3.86. The molecule has 6 heteroatoms. The molecule has 11 aromatic rings. The van der Waals surface area contributed by atoms with E-state index in [1.165, 1.54) is 27.5 Å². The molecule has 0 spiro atoms. The minimum atomic E-state index is 0. The smallest absolute Gasteiger partial charge is 0.503 e. The molecule has 242 valence electrons. The van der Waals surface area contributed by atoms with Gasteiger partial charge >= 0.3 is 21.1 Å². The number of rotatable bonds is 4. The van der Waals surface area contributed by atoms with Crippen molar-refractivity contribution in [3.63, 3.8) is 0 Å². The molecular formula is C45H26N4OPt. The molecule has 0 aliphatic rings. The van der Waals surface area contributed by atoms with Crippen LogP contribution >= 0.6 is 0 Å². The Labute approximate surface area is 307 Å². The third-order valence-corrected chi connectivity index (χ3v) is 10.1. The summed E-state index contributed by atoms with van der Waals surface area (Å²) in [5, 5.41) is 7.74. The van der Waals surface area contributed by atoms with Crippen LogP contribution in [0.4, 0.5) is 0 Å². The normalized spacial score (nSPS) is 11.9. The second-order valence-corrected chi connectivity index (χ2v) is 12.9. The van der Waals surface area contributed by atoms with Gasteiger partial charge in [0.1, 0.15) is 5.65 Å². The largest absolute Gasteiger partial charge is 2.00 e. The first-order chi connectivity index (χ1) is 24.7. The third kappa shape index (κ3) is 4.31. The molecule has 5 nitrogen and oxygen atoms in total. The number of hydrogen-bond donors (Lipinski definition) is 0. The minimum absolute atomic E-state index is 0. The standard InChI is InChI=1S/C45H26N4O.Pt/c1-27-10-5-6-13-31(27)39-26-48-40-17-8-7-14-34(40)33-20-18-29(24-38(33)44(48)47-39)50-30-19-21-35-36-15-9-16-37-42-32(28-11-3-2-4-12-28)22-23-46-45(42)49(43(36)37)41(35)25-30;/h2-23,26H,1H3;/q-2;+2. The van der Waals surface area contributed by atoms with E-state index in [0.29, 0.717) is 11.5 Å². The van der Waals surface area contributed by atoms with Gasteiger partial charge in [0.15, 0.2) is 0 Å². The van der Waals surface area contributed by atoms with E-state index < -0.39 is 0 Å². The molecule has 0 atom stereocenters. The van der Waals surface area contributed by atoms with Crippen molar-refractivity contribution in [3.8, 4) is 33.9 Å². The van der Waals surface area contributed by atoms with Crippen molar-refractivity contribution in [2.45, 2.75) is 6.92 Å². The van der Waals surface area contributed by atoms with Gasteiger partial charge in [-0.15, -0.1) is 29.7 Å². The van der Waals surface area contributed by atoms with Crippen LogP contribution in [-0.2, 0) is 21.1 Å². The molecule has 11 rings (SSSR count). The maximum absolute atomic E-state index is 6.58. The second-order valence-electron chi connectivity index (χ2n) is 12.9. The number of aryl methyl sites for hydroxylation is 1. The van der Waals surface area contributed by atoms with E-state index in [0.717, 1.165) is 66.0 Å². The van der Waals surface area contributed by atoms with E-state index >= 15 is 0 Å². The molecule has 0 saturated heterocycles. The van der Waals surface area contributed by atoms with Gasteiger partial charge in [-0.3, -0.25) is 4.98 Å². The van der Waals surface area contributed by atoms with Crippen LogP contribution in [0.3, 0.4) is 0 Å². The minimum Gasteiger partial charge on any atom is -0.503 e. The number of ether oxygens (including phenoxy) is 1. The van der Waals surface area contributed by atoms with E-state index in [9.17, 15) is 0 Å². The second kappa shape index (κ2) is 11.2. The number of fused-ring (bicyclic) bond motifs is 12. The summed E-state index contributed by atoms with van der Waals surface area (Å²) in [6.45, 7) is 2.12. The summed E-state index contributed by atoms with van der Waals surface area (Å²) in [6.07, 6.45) is 4.03. The SMILES string of the molecule is Cc1ccccc1-c1cn2c3ccccc3c3ccc(Oc4[c-]c5c(cc4)c4cccc6c7c(-c8ccccc8)ccnc7n5c46)[c-]c3c2n1.[Pt+2]. The molecule has 0 aliphatic carbocycles. The zero-order valence-corrected chi connectivity index (χ0v) is 29.6. The summed E-state index contributed by atoms with van der Waals surface area (Å²) in [6, 6.07) is 51.4. The van der Waals surface area contributed by atoms with Crippen LogP contribution in [0.25, 0.3) is 87.9 Å². The van der Waals surface area contributed by atoms with Crippen molar-refractivity contribution in [1.82, 2.24) is 18.8 Å². The fraction of sp³-hybridized carbons (Fsp3) is 0.0222. The van der Waals surface area contributed by atoms with Crippen molar-refractivity contribution in [1.29, 1.82) is 0 Å². The number of imidazole rings is 1. The van der Waals surface area contributed by atoms with Crippen molar-refractivity contribution in [2.75, 3.05) is 0 Å². The van der Waals surface area contributed by atoms with E-state index in [2.05, 4.69) is 149 Å². The molecule has 5 aromatic heterocycles. The number of benzene rings is 6. The van der Waals surface area contributed by atoms with Gasteiger partial charge in [0.25, 0.3) is 0 Å². The zero-order chi connectivity index (χ0) is 32.9. The first kappa shape index (κ1) is 29.8. The molecule has 51 heavy (non-hydrogen) atoms. The molecule has 0 saturated carbocycles. The van der Waals surface area contributed by atoms with Crippen LogP contribution in [0.2, 0.25) is 0 Å². The Kier molecular flexibility index (Phi) is 6.58. The van der Waals surface area contributed by atoms with Gasteiger partial charge in [0, 0.05) is 51.3 Å². The number of aromatic nitrogens is 4. The predicted octanol–water partition coefficient (Wildman–Crippen LogP) is 11.2. The van der Waals surface area contributed by atoms with E-state index in [1.807, 2.05) is 18.3 Å². The number of hydrogen-bond acceptors (Lipinski definition) is 3. The first-order valence-electron chi connectivity index (χ1n) is 16.8. The quantitative estimate of drug-likeness (QED) is 0.131. The van der Waals surface area contributed by atoms with Gasteiger partial charge in [0.05, 0.1) is 11.3 Å². The van der Waals surface area contributed by atoms with Crippen molar-refractivity contribution < 1.29 is 25.8 Å². The number of pyridine rings is 2. The Bertz CT molecular complexity index is 3140. The fourth-order valence-corrected chi connectivity index (χ4v) is 7.88. The zero-order valence-electron chi connectivity index (χ0n) is 27.3. The Morgan fingerprint density at radius 2 is 1.35 bits per heavy atom. The van der Waals surface area contributed by atoms with E-state index in [1.54, 1.807) is 0 Å². The van der Waals surface area contributed by atoms with Gasteiger partial charge in [-0.25, -0.2) is 4.98 Å². The van der Waals surface area contributed by atoms with E-state index in [4.69, 9.17) is 14.7 Å². The average molecular weight is 834 g/mol. The number of nitrogens with zero attached hydrogens (tertiary/aromatic N) is 4. The van der Waals surface area contributed by atoms with Gasteiger partial charge in [-0.2, -0.15) is 6.07 Å². The maximum Gasteiger partial charge on any atom is 2.00 e. The van der Waals surface area contributed by atoms with Gasteiger partial charge in [0.2, 0.25) is 0 Å². The van der Waals surface area contributed by atoms with E-state index in [-0.39, 0.29) is 21.1 Å².